The van der Waals surface area contributed by atoms with Crippen LogP contribution in [0.25, 0.3) is 55.8 Å². The van der Waals surface area contributed by atoms with Crippen LogP contribution in [0, 0.1) is 5.82 Å². The normalized spacial score (nSPS) is 14.2. The first-order valence-corrected chi connectivity index (χ1v) is 12.3. The predicted molar refractivity (Wildman–Crippen MR) is 140 cm³/mol. The number of hydrogen-bond acceptors (Lipinski definition) is 6. The third kappa shape index (κ3) is 3.93. The minimum atomic E-state index is -0.319. The van der Waals surface area contributed by atoms with E-state index >= 15 is 0 Å². The second kappa shape index (κ2) is 8.86. The molecule has 0 bridgehead atoms. The summed E-state index contributed by atoms with van der Waals surface area (Å²) in [6.07, 6.45) is 11.5. The van der Waals surface area contributed by atoms with E-state index in [1.54, 1.807) is 30.6 Å². The summed E-state index contributed by atoms with van der Waals surface area (Å²) < 4.78 is 14.5. The average molecular weight is 491 g/mol. The fraction of sp³-hybridized carbons (Fsp3) is 0.179. The molecule has 1 fully saturated rings. The van der Waals surface area contributed by atoms with Crippen LogP contribution in [-0.2, 0) is 6.54 Å². The molecule has 37 heavy (non-hydrogen) atoms. The van der Waals surface area contributed by atoms with Gasteiger partial charge in [-0.1, -0.05) is 18.2 Å². The zero-order valence-corrected chi connectivity index (χ0v) is 19.9. The van der Waals surface area contributed by atoms with Gasteiger partial charge in [0.05, 0.1) is 17.1 Å². The second-order valence-electron chi connectivity index (χ2n) is 9.41. The van der Waals surface area contributed by atoms with Crippen molar-refractivity contribution in [1.29, 1.82) is 0 Å². The van der Waals surface area contributed by atoms with Crippen LogP contribution in [0.3, 0.4) is 0 Å². The average Bonchev–Trinajstić information content (AvgIpc) is 3.68. The maximum Gasteiger partial charge on any atom is 0.159 e. The van der Waals surface area contributed by atoms with E-state index in [4.69, 9.17) is 4.98 Å². The molecule has 1 aromatic carbocycles. The first-order chi connectivity index (χ1) is 18.2. The minimum absolute atomic E-state index is 0.319. The fourth-order valence-electron chi connectivity index (χ4n) is 5.09. The highest BCUT2D eigenvalue weighted by Gasteiger charge is 2.18. The number of hydrogen-bond donors (Lipinski definition) is 2. The van der Waals surface area contributed by atoms with Crippen molar-refractivity contribution in [1.82, 2.24) is 40.0 Å². The van der Waals surface area contributed by atoms with Gasteiger partial charge in [0.2, 0.25) is 0 Å². The Balaban J connectivity index is 1.29. The van der Waals surface area contributed by atoms with Gasteiger partial charge in [0, 0.05) is 53.6 Å². The molecule has 0 spiro atoms. The van der Waals surface area contributed by atoms with Gasteiger partial charge in [-0.15, -0.1) is 0 Å². The van der Waals surface area contributed by atoms with Crippen molar-refractivity contribution in [3.63, 3.8) is 0 Å². The highest BCUT2D eigenvalue weighted by atomic mass is 19.1. The van der Waals surface area contributed by atoms with Crippen LogP contribution in [0.15, 0.2) is 67.4 Å². The minimum Gasteiger partial charge on any atom is -0.335 e. The summed E-state index contributed by atoms with van der Waals surface area (Å²) in [5.74, 6) is 0.243. The third-order valence-electron chi connectivity index (χ3n) is 6.93. The van der Waals surface area contributed by atoms with E-state index in [0.29, 0.717) is 39.3 Å². The van der Waals surface area contributed by atoms with Gasteiger partial charge in [0.15, 0.2) is 11.5 Å². The number of aromatic nitrogens is 7. The molecule has 2 N–H and O–H groups in total. The topological polar surface area (TPSA) is 99.3 Å². The van der Waals surface area contributed by atoms with E-state index in [0.717, 1.165) is 36.1 Å². The molecule has 0 atom stereocenters. The summed E-state index contributed by atoms with van der Waals surface area (Å²) in [6.45, 7) is 3.19. The van der Waals surface area contributed by atoms with Gasteiger partial charge in [0.25, 0.3) is 0 Å². The molecule has 182 valence electrons. The SMILES string of the molecule is Fc1ccccc1-c1cncc2[nH]c(-c3n[nH]c4ncc(-c5cncc(CN6CCCC6)c5)cc34)nc12. The Morgan fingerprint density at radius 2 is 1.73 bits per heavy atom. The summed E-state index contributed by atoms with van der Waals surface area (Å²) in [4.78, 5) is 24.0. The lowest BCUT2D eigenvalue weighted by molar-refractivity contribution is 0.331. The van der Waals surface area contributed by atoms with E-state index in [2.05, 4.69) is 47.2 Å². The number of pyridine rings is 3. The first kappa shape index (κ1) is 21.8. The zero-order valence-electron chi connectivity index (χ0n) is 19.9. The van der Waals surface area contributed by atoms with Gasteiger partial charge in [-0.3, -0.25) is 20.0 Å². The standard InChI is InChI=1S/C28H23FN8/c29-23-6-2-1-5-20(23)22-14-31-15-24-25(22)34-28(33-24)26-21-10-19(13-32-27(21)36-35-26)18-9-17(11-30-12-18)16-37-7-3-4-8-37/h1-2,5-6,9-15H,3-4,7-8,16H2,(H,33,34)(H,32,35,36). The molecule has 8 nitrogen and oxygen atoms in total. The molecule has 7 rings (SSSR count). The van der Waals surface area contributed by atoms with Crippen molar-refractivity contribution in [3.8, 4) is 33.8 Å². The second-order valence-corrected chi connectivity index (χ2v) is 9.41. The van der Waals surface area contributed by atoms with Gasteiger partial charge in [-0.25, -0.2) is 14.4 Å². The van der Waals surface area contributed by atoms with Gasteiger partial charge in [0.1, 0.15) is 17.0 Å². The number of rotatable bonds is 5. The predicted octanol–water partition coefficient (Wildman–Crippen LogP) is 5.36. The Morgan fingerprint density at radius 3 is 2.62 bits per heavy atom. The molecular weight excluding hydrogens is 467 g/mol. The maximum atomic E-state index is 14.5. The molecule has 0 aliphatic carbocycles. The Kier molecular flexibility index (Phi) is 5.21. The van der Waals surface area contributed by atoms with Crippen molar-refractivity contribution in [2.45, 2.75) is 19.4 Å². The summed E-state index contributed by atoms with van der Waals surface area (Å²) in [5, 5.41) is 8.34. The molecule has 0 unspecified atom stereocenters. The van der Waals surface area contributed by atoms with Crippen LogP contribution in [0.1, 0.15) is 18.4 Å². The molecular formula is C28H23FN8. The van der Waals surface area contributed by atoms with Crippen molar-refractivity contribution >= 4 is 22.1 Å². The van der Waals surface area contributed by atoms with Crippen molar-refractivity contribution < 1.29 is 4.39 Å². The van der Waals surface area contributed by atoms with Gasteiger partial charge in [-0.05, 0) is 49.7 Å². The number of fused-ring (bicyclic) bond motifs is 2. The highest BCUT2D eigenvalue weighted by Crippen LogP contribution is 2.33. The van der Waals surface area contributed by atoms with Crippen LogP contribution in [0.5, 0.6) is 0 Å². The number of benzene rings is 1. The van der Waals surface area contributed by atoms with Crippen LogP contribution < -0.4 is 0 Å². The van der Waals surface area contributed by atoms with Gasteiger partial charge >= 0.3 is 0 Å². The third-order valence-corrected chi connectivity index (χ3v) is 6.93. The Bertz CT molecular complexity index is 1750. The molecule has 1 saturated heterocycles. The number of nitrogens with one attached hydrogen (secondary N) is 2. The number of H-pyrrole nitrogens is 2. The smallest absolute Gasteiger partial charge is 0.159 e. The van der Waals surface area contributed by atoms with E-state index in [-0.39, 0.29) is 5.82 Å². The van der Waals surface area contributed by atoms with E-state index < -0.39 is 0 Å². The molecule has 9 heteroatoms. The lowest BCUT2D eigenvalue weighted by Gasteiger charge is -2.14. The summed E-state index contributed by atoms with van der Waals surface area (Å²) in [5.41, 5.74) is 6.87. The fourth-order valence-corrected chi connectivity index (χ4v) is 5.09. The van der Waals surface area contributed by atoms with Crippen molar-refractivity contribution in [2.75, 3.05) is 13.1 Å². The van der Waals surface area contributed by atoms with Gasteiger partial charge < -0.3 is 4.98 Å². The summed E-state index contributed by atoms with van der Waals surface area (Å²) in [6, 6.07) is 10.9. The highest BCUT2D eigenvalue weighted by molar-refractivity contribution is 5.96. The Morgan fingerprint density at radius 1 is 0.892 bits per heavy atom. The summed E-state index contributed by atoms with van der Waals surface area (Å²) in [7, 11) is 0. The van der Waals surface area contributed by atoms with Crippen LogP contribution in [0.4, 0.5) is 4.39 Å². The molecule has 1 aliphatic heterocycles. The number of nitrogens with zero attached hydrogens (tertiary/aromatic N) is 6. The number of halogens is 1. The molecule has 0 saturated carbocycles. The molecule has 6 heterocycles. The number of aromatic amines is 2. The van der Waals surface area contributed by atoms with E-state index in [9.17, 15) is 4.39 Å². The maximum absolute atomic E-state index is 14.5. The van der Waals surface area contributed by atoms with E-state index in [1.165, 1.54) is 24.5 Å². The van der Waals surface area contributed by atoms with E-state index in [1.807, 2.05) is 18.6 Å². The molecule has 5 aromatic heterocycles. The van der Waals surface area contributed by atoms with Gasteiger partial charge in [-0.2, -0.15) is 5.10 Å². The molecule has 6 aromatic rings. The molecule has 1 aliphatic rings. The lowest BCUT2D eigenvalue weighted by Crippen LogP contribution is -2.18. The number of imidazole rings is 1. The Hall–Kier alpha value is -4.50. The first-order valence-electron chi connectivity index (χ1n) is 12.3. The quantitative estimate of drug-likeness (QED) is 0.338. The van der Waals surface area contributed by atoms with Crippen molar-refractivity contribution in [2.24, 2.45) is 0 Å². The molecule has 0 radical (unpaired) electrons. The van der Waals surface area contributed by atoms with Crippen LogP contribution in [0.2, 0.25) is 0 Å². The van der Waals surface area contributed by atoms with Crippen LogP contribution >= 0.6 is 0 Å². The number of likely N-dealkylation sites (tertiary alicyclic amines) is 1. The largest absolute Gasteiger partial charge is 0.335 e. The molecule has 0 amide bonds. The monoisotopic (exact) mass is 490 g/mol. The van der Waals surface area contributed by atoms with Crippen LogP contribution in [-0.4, -0.2) is 53.1 Å². The lowest BCUT2D eigenvalue weighted by atomic mass is 10.1. The Labute approximate surface area is 211 Å². The zero-order chi connectivity index (χ0) is 24.8. The van der Waals surface area contributed by atoms with Crippen molar-refractivity contribution in [3.05, 3.63) is 78.8 Å². The summed E-state index contributed by atoms with van der Waals surface area (Å²) >= 11 is 0.